The minimum atomic E-state index is -3.84. The molecule has 2 aromatic carbocycles. The molecule has 0 aliphatic carbocycles. The van der Waals surface area contributed by atoms with Gasteiger partial charge in [0.05, 0.1) is 34.1 Å². The first-order valence-electron chi connectivity index (χ1n) is 10.3. The Labute approximate surface area is 188 Å². The molecule has 0 atom stereocenters. The van der Waals surface area contributed by atoms with E-state index in [1.807, 2.05) is 22.6 Å². The summed E-state index contributed by atoms with van der Waals surface area (Å²) in [5.74, 6) is -1.14. The highest BCUT2D eigenvalue weighted by Gasteiger charge is 2.19. The second-order valence-corrected chi connectivity index (χ2v) is 9.50. The van der Waals surface area contributed by atoms with Crippen molar-refractivity contribution in [3.05, 3.63) is 71.0 Å². The highest BCUT2D eigenvalue weighted by Crippen LogP contribution is 2.27. The van der Waals surface area contributed by atoms with Crippen molar-refractivity contribution in [3.63, 3.8) is 0 Å². The minimum absolute atomic E-state index is 0.00946. The Morgan fingerprint density at radius 1 is 1.16 bits per heavy atom. The summed E-state index contributed by atoms with van der Waals surface area (Å²) in [7, 11) is -2.03. The third-order valence-corrected chi connectivity index (χ3v) is 6.39. The van der Waals surface area contributed by atoms with E-state index < -0.39 is 16.0 Å². The number of benzene rings is 2. The van der Waals surface area contributed by atoms with Crippen molar-refractivity contribution in [2.24, 2.45) is 0 Å². The Morgan fingerprint density at radius 3 is 2.56 bits per heavy atom. The van der Waals surface area contributed by atoms with Crippen LogP contribution >= 0.6 is 0 Å². The predicted octanol–water partition coefficient (Wildman–Crippen LogP) is 4.05. The summed E-state index contributed by atoms with van der Waals surface area (Å²) in [6.07, 6.45) is 0.938. The van der Waals surface area contributed by atoms with Crippen LogP contribution in [0.5, 0.6) is 0 Å². The van der Waals surface area contributed by atoms with Gasteiger partial charge in [-0.25, -0.2) is 13.2 Å². The number of aromatic nitrogens is 2. The van der Waals surface area contributed by atoms with Crippen molar-refractivity contribution in [2.45, 2.75) is 45.2 Å². The van der Waals surface area contributed by atoms with E-state index in [0.29, 0.717) is 12.2 Å². The molecular formula is C23H28N4O4S. The smallest absolute Gasteiger partial charge is 0.337 e. The second-order valence-electron chi connectivity index (χ2n) is 7.82. The van der Waals surface area contributed by atoms with E-state index in [1.54, 1.807) is 44.3 Å². The molecule has 3 aromatic rings. The zero-order valence-corrected chi connectivity index (χ0v) is 19.5. The van der Waals surface area contributed by atoms with Gasteiger partial charge < -0.3 is 10.0 Å². The Kier molecular flexibility index (Phi) is 6.88. The summed E-state index contributed by atoms with van der Waals surface area (Å²) in [4.78, 5) is 13.9. The fourth-order valence-corrected chi connectivity index (χ4v) is 4.71. The molecule has 0 bridgehead atoms. The fraction of sp³-hybridized carbons (Fsp3) is 0.304. The molecule has 0 aliphatic heterocycles. The maximum atomic E-state index is 12.7. The third kappa shape index (κ3) is 5.28. The molecule has 9 heteroatoms. The van der Waals surface area contributed by atoms with Gasteiger partial charge in [-0.3, -0.25) is 9.40 Å². The van der Waals surface area contributed by atoms with Crippen LogP contribution in [0, 0.1) is 13.8 Å². The Morgan fingerprint density at radius 2 is 1.91 bits per heavy atom. The Balaban J connectivity index is 1.88. The number of carbonyl (C=O) groups is 1. The Bertz CT molecular complexity index is 1230. The molecule has 0 saturated heterocycles. The van der Waals surface area contributed by atoms with Crippen molar-refractivity contribution in [3.8, 4) is 0 Å². The van der Waals surface area contributed by atoms with Gasteiger partial charge in [0.1, 0.15) is 0 Å². The molecule has 0 saturated carbocycles. The van der Waals surface area contributed by atoms with Crippen molar-refractivity contribution >= 4 is 27.4 Å². The van der Waals surface area contributed by atoms with E-state index in [0.717, 1.165) is 29.9 Å². The monoisotopic (exact) mass is 456 g/mol. The molecule has 2 N–H and O–H groups in total. The number of carboxylic acid groups (broad SMARTS) is 1. The first-order chi connectivity index (χ1) is 15.1. The number of carboxylic acids is 1. The van der Waals surface area contributed by atoms with Crippen LogP contribution in [0.1, 0.15) is 40.7 Å². The standard InChI is InChI=1S/C23H28N4O4S/c1-5-11-27-19(13-17(3)24-27)15-26(4)22-10-9-18(14-21(22)23(28)29)25-32(30,31)20-8-6-7-16(2)12-20/h6-10,12-14,25H,5,11,15H2,1-4H3,(H,28,29). The van der Waals surface area contributed by atoms with E-state index in [9.17, 15) is 18.3 Å². The molecule has 170 valence electrons. The lowest BCUT2D eigenvalue weighted by molar-refractivity contribution is 0.0697. The highest BCUT2D eigenvalue weighted by molar-refractivity contribution is 7.92. The average molecular weight is 457 g/mol. The van der Waals surface area contributed by atoms with E-state index >= 15 is 0 Å². The quantitative estimate of drug-likeness (QED) is 0.503. The van der Waals surface area contributed by atoms with Crippen LogP contribution in [0.4, 0.5) is 11.4 Å². The Hall–Kier alpha value is -3.33. The van der Waals surface area contributed by atoms with Crippen LogP contribution in [0.2, 0.25) is 0 Å². The fourth-order valence-electron chi connectivity index (χ4n) is 3.56. The molecule has 0 fully saturated rings. The third-order valence-electron chi connectivity index (χ3n) is 5.01. The number of anilines is 2. The van der Waals surface area contributed by atoms with Crippen LogP contribution in [0.25, 0.3) is 0 Å². The molecule has 0 spiro atoms. The van der Waals surface area contributed by atoms with Crippen LogP contribution < -0.4 is 9.62 Å². The number of sulfonamides is 1. The summed E-state index contributed by atoms with van der Waals surface area (Å²) in [5.41, 5.74) is 3.38. The highest BCUT2D eigenvalue weighted by atomic mass is 32.2. The van der Waals surface area contributed by atoms with Crippen LogP contribution in [0.3, 0.4) is 0 Å². The van der Waals surface area contributed by atoms with E-state index in [2.05, 4.69) is 16.7 Å². The molecule has 1 aromatic heterocycles. The van der Waals surface area contributed by atoms with Gasteiger partial charge in [-0.15, -0.1) is 0 Å². The van der Waals surface area contributed by atoms with Gasteiger partial charge in [-0.1, -0.05) is 19.1 Å². The van der Waals surface area contributed by atoms with Gasteiger partial charge in [0.25, 0.3) is 10.0 Å². The van der Waals surface area contributed by atoms with E-state index in [4.69, 9.17) is 0 Å². The summed E-state index contributed by atoms with van der Waals surface area (Å²) in [6, 6.07) is 13.0. The van der Waals surface area contributed by atoms with Gasteiger partial charge in [-0.2, -0.15) is 5.10 Å². The van der Waals surface area contributed by atoms with Gasteiger partial charge in [0.2, 0.25) is 0 Å². The number of aromatic carboxylic acids is 1. The predicted molar refractivity (Wildman–Crippen MR) is 125 cm³/mol. The number of nitrogens with one attached hydrogen (secondary N) is 1. The van der Waals surface area contributed by atoms with Crippen molar-refractivity contribution in [1.82, 2.24) is 9.78 Å². The minimum Gasteiger partial charge on any atom is -0.478 e. The van der Waals surface area contributed by atoms with Gasteiger partial charge in [0, 0.05) is 19.3 Å². The van der Waals surface area contributed by atoms with E-state index in [-0.39, 0.29) is 16.1 Å². The SMILES string of the molecule is CCCn1nc(C)cc1CN(C)c1ccc(NS(=O)(=O)c2cccc(C)c2)cc1C(=O)O. The second kappa shape index (κ2) is 9.44. The van der Waals surface area contributed by atoms with Crippen molar-refractivity contribution in [2.75, 3.05) is 16.7 Å². The lowest BCUT2D eigenvalue weighted by atomic mass is 10.1. The zero-order chi connectivity index (χ0) is 23.5. The topological polar surface area (TPSA) is 105 Å². The molecule has 0 aliphatic rings. The molecule has 8 nitrogen and oxygen atoms in total. The first kappa shape index (κ1) is 23.3. The van der Waals surface area contributed by atoms with Gasteiger partial charge in [-0.05, 0) is 62.2 Å². The van der Waals surface area contributed by atoms with Gasteiger partial charge in [0.15, 0.2) is 0 Å². The summed E-state index contributed by atoms with van der Waals surface area (Å²) >= 11 is 0. The molecule has 1 heterocycles. The normalized spacial score (nSPS) is 11.4. The van der Waals surface area contributed by atoms with Crippen LogP contribution in [-0.2, 0) is 23.1 Å². The first-order valence-corrected chi connectivity index (χ1v) is 11.8. The summed E-state index contributed by atoms with van der Waals surface area (Å²) in [6.45, 7) is 7.05. The average Bonchev–Trinajstić information content (AvgIpc) is 3.06. The van der Waals surface area contributed by atoms with Gasteiger partial charge >= 0.3 is 5.97 Å². The maximum Gasteiger partial charge on any atom is 0.337 e. The maximum absolute atomic E-state index is 12.7. The lowest BCUT2D eigenvalue weighted by Crippen LogP contribution is -2.22. The van der Waals surface area contributed by atoms with Crippen LogP contribution in [0.15, 0.2) is 53.4 Å². The largest absolute Gasteiger partial charge is 0.478 e. The van der Waals surface area contributed by atoms with Crippen LogP contribution in [-0.4, -0.2) is 36.3 Å². The molecule has 3 rings (SSSR count). The summed E-state index contributed by atoms with van der Waals surface area (Å²) in [5, 5.41) is 14.3. The molecule has 0 amide bonds. The number of nitrogens with zero attached hydrogens (tertiary/aromatic N) is 3. The summed E-state index contributed by atoms with van der Waals surface area (Å²) < 4.78 is 29.8. The lowest BCUT2D eigenvalue weighted by Gasteiger charge is -2.22. The number of rotatable bonds is 9. The molecule has 0 unspecified atom stereocenters. The number of aryl methyl sites for hydroxylation is 3. The zero-order valence-electron chi connectivity index (χ0n) is 18.7. The molecular weight excluding hydrogens is 428 g/mol. The van der Waals surface area contributed by atoms with Crippen molar-refractivity contribution < 1.29 is 18.3 Å². The number of hydrogen-bond acceptors (Lipinski definition) is 5. The number of hydrogen-bond donors (Lipinski definition) is 2. The molecule has 0 radical (unpaired) electrons. The van der Waals surface area contributed by atoms with Crippen molar-refractivity contribution in [1.29, 1.82) is 0 Å². The molecule has 32 heavy (non-hydrogen) atoms. The van der Waals surface area contributed by atoms with E-state index in [1.165, 1.54) is 12.1 Å².